The van der Waals surface area contributed by atoms with E-state index in [9.17, 15) is 13.2 Å². The van der Waals surface area contributed by atoms with E-state index >= 15 is 0 Å². The average molecular weight is 451 g/mol. The zero-order valence-corrected chi connectivity index (χ0v) is 18.8. The van der Waals surface area contributed by atoms with Gasteiger partial charge in [0.1, 0.15) is 0 Å². The second-order valence-electron chi connectivity index (χ2n) is 7.89. The molecule has 6 nitrogen and oxygen atoms in total. The van der Waals surface area contributed by atoms with Gasteiger partial charge in [0.05, 0.1) is 18.4 Å². The summed E-state index contributed by atoms with van der Waals surface area (Å²) in [7, 11) is -2.20. The number of nitrogens with zero attached hydrogens (tertiary/aromatic N) is 1. The number of carbonyl (C=O) groups is 1. The molecule has 0 radical (unpaired) electrons. The Balaban J connectivity index is 1.31. The highest BCUT2D eigenvalue weighted by Gasteiger charge is 2.18. The fraction of sp³-hybridized carbons (Fsp3) is 0.240. The van der Waals surface area contributed by atoms with Gasteiger partial charge in [-0.15, -0.1) is 0 Å². The van der Waals surface area contributed by atoms with Gasteiger partial charge in [-0.25, -0.2) is 17.9 Å². The highest BCUT2D eigenvalue weighted by molar-refractivity contribution is 7.88. The lowest BCUT2D eigenvalue weighted by Gasteiger charge is -2.19. The van der Waals surface area contributed by atoms with Crippen molar-refractivity contribution >= 4 is 21.7 Å². The Hall–Kier alpha value is -3.16. The van der Waals surface area contributed by atoms with Crippen LogP contribution in [0.4, 0.5) is 5.69 Å². The van der Waals surface area contributed by atoms with Gasteiger partial charge in [-0.2, -0.15) is 0 Å². The van der Waals surface area contributed by atoms with Gasteiger partial charge in [-0.1, -0.05) is 54.6 Å². The van der Waals surface area contributed by atoms with Gasteiger partial charge >= 0.3 is 5.97 Å². The van der Waals surface area contributed by atoms with Crippen LogP contribution in [-0.4, -0.2) is 28.0 Å². The van der Waals surface area contributed by atoms with Crippen molar-refractivity contribution in [3.8, 4) is 0 Å². The molecule has 0 bridgehead atoms. The van der Waals surface area contributed by atoms with Crippen LogP contribution in [0.15, 0.2) is 72.8 Å². The average Bonchev–Trinajstić information content (AvgIpc) is 3.21. The number of nitrogens with one attached hydrogen (secondary N) is 1. The summed E-state index contributed by atoms with van der Waals surface area (Å²) >= 11 is 0. The molecule has 0 aromatic heterocycles. The van der Waals surface area contributed by atoms with Gasteiger partial charge in [0.2, 0.25) is 10.0 Å². The smallest absolute Gasteiger partial charge is 0.337 e. The molecular formula is C25H26N2O4S. The van der Waals surface area contributed by atoms with Crippen LogP contribution in [-0.2, 0) is 40.0 Å². The Morgan fingerprint density at radius 1 is 0.938 bits per heavy atom. The molecule has 1 N–H and O–H groups in total. The Morgan fingerprint density at radius 2 is 1.59 bits per heavy atom. The highest BCUT2D eigenvalue weighted by Crippen LogP contribution is 2.28. The van der Waals surface area contributed by atoms with Crippen molar-refractivity contribution in [2.75, 3.05) is 18.6 Å². The number of methoxy groups -OCH3 is 1. The van der Waals surface area contributed by atoms with Crippen molar-refractivity contribution in [1.29, 1.82) is 0 Å². The number of sulfonamides is 1. The monoisotopic (exact) mass is 450 g/mol. The molecule has 1 aliphatic rings. The van der Waals surface area contributed by atoms with Crippen LogP contribution in [0.25, 0.3) is 0 Å². The van der Waals surface area contributed by atoms with Gasteiger partial charge in [0.25, 0.3) is 0 Å². The van der Waals surface area contributed by atoms with E-state index in [2.05, 4.69) is 50.8 Å². The minimum Gasteiger partial charge on any atom is -0.465 e. The number of esters is 1. The maximum absolute atomic E-state index is 12.5. The van der Waals surface area contributed by atoms with Crippen molar-refractivity contribution < 1.29 is 17.9 Å². The molecule has 0 aliphatic carbocycles. The first-order valence-corrected chi connectivity index (χ1v) is 12.1. The summed E-state index contributed by atoms with van der Waals surface area (Å²) in [5, 5.41) is 0. The molecule has 0 amide bonds. The lowest BCUT2D eigenvalue weighted by atomic mass is 10.1. The molecule has 3 aromatic rings. The van der Waals surface area contributed by atoms with Crippen molar-refractivity contribution in [2.45, 2.75) is 25.3 Å². The van der Waals surface area contributed by atoms with Gasteiger partial charge in [0, 0.05) is 25.3 Å². The first kappa shape index (κ1) is 22.0. The third-order valence-corrected chi connectivity index (χ3v) is 6.91. The maximum Gasteiger partial charge on any atom is 0.337 e. The van der Waals surface area contributed by atoms with Crippen LogP contribution in [0.2, 0.25) is 0 Å². The minimum atomic E-state index is -3.51. The summed E-state index contributed by atoms with van der Waals surface area (Å²) < 4.78 is 32.2. The molecule has 0 saturated heterocycles. The van der Waals surface area contributed by atoms with Crippen molar-refractivity contribution in [3.05, 3.63) is 101 Å². The van der Waals surface area contributed by atoms with Crippen molar-refractivity contribution in [2.24, 2.45) is 0 Å². The van der Waals surface area contributed by atoms with Crippen LogP contribution in [0, 0.1) is 0 Å². The molecule has 1 heterocycles. The molecule has 3 aromatic carbocycles. The standard InChI is InChI=1S/C25H26N2O4S/c1-31-25(28)23-12-10-21(11-13-23)18-32(29,30)26-16-19-6-8-20(9-7-19)17-27-15-14-22-4-2-3-5-24(22)27/h2-13,26H,14-18H2,1H3. The number of fused-ring (bicyclic) bond motifs is 1. The van der Waals surface area contributed by atoms with E-state index in [0.717, 1.165) is 25.1 Å². The predicted molar refractivity (Wildman–Crippen MR) is 125 cm³/mol. The Morgan fingerprint density at radius 3 is 2.31 bits per heavy atom. The number of hydrogen-bond acceptors (Lipinski definition) is 5. The lowest BCUT2D eigenvalue weighted by Crippen LogP contribution is -2.24. The van der Waals surface area contributed by atoms with Gasteiger partial charge in [-0.3, -0.25) is 0 Å². The number of para-hydroxylation sites is 1. The normalized spacial score (nSPS) is 13.1. The number of benzene rings is 3. The van der Waals surface area contributed by atoms with E-state index in [1.165, 1.54) is 23.9 Å². The van der Waals surface area contributed by atoms with Crippen LogP contribution in [0.3, 0.4) is 0 Å². The number of carbonyl (C=O) groups excluding carboxylic acids is 1. The molecule has 0 atom stereocenters. The van der Waals surface area contributed by atoms with E-state index in [-0.39, 0.29) is 12.3 Å². The molecule has 32 heavy (non-hydrogen) atoms. The number of hydrogen-bond donors (Lipinski definition) is 1. The molecule has 166 valence electrons. The van der Waals surface area contributed by atoms with E-state index in [4.69, 9.17) is 0 Å². The van der Waals surface area contributed by atoms with Crippen LogP contribution < -0.4 is 9.62 Å². The number of anilines is 1. The number of ether oxygens (including phenoxy) is 1. The van der Waals surface area contributed by atoms with E-state index in [0.29, 0.717) is 11.1 Å². The first-order chi connectivity index (χ1) is 15.4. The van der Waals surface area contributed by atoms with E-state index < -0.39 is 16.0 Å². The molecule has 0 fully saturated rings. The summed E-state index contributed by atoms with van der Waals surface area (Å²) in [4.78, 5) is 13.9. The van der Waals surface area contributed by atoms with E-state index in [1.54, 1.807) is 24.3 Å². The minimum absolute atomic E-state index is 0.152. The van der Waals surface area contributed by atoms with Gasteiger partial charge < -0.3 is 9.64 Å². The molecule has 0 unspecified atom stereocenters. The second kappa shape index (κ2) is 9.54. The maximum atomic E-state index is 12.5. The molecule has 0 saturated carbocycles. The fourth-order valence-electron chi connectivity index (χ4n) is 3.87. The van der Waals surface area contributed by atoms with Crippen molar-refractivity contribution in [1.82, 2.24) is 4.72 Å². The molecule has 7 heteroatoms. The molecule has 1 aliphatic heterocycles. The largest absolute Gasteiger partial charge is 0.465 e. The summed E-state index contributed by atoms with van der Waals surface area (Å²) in [6.45, 7) is 2.08. The van der Waals surface area contributed by atoms with Gasteiger partial charge in [0.15, 0.2) is 0 Å². The summed E-state index contributed by atoms with van der Waals surface area (Å²) in [6, 6.07) is 22.9. The molecular weight excluding hydrogens is 424 g/mol. The Bertz CT molecular complexity index is 1190. The molecule has 0 spiro atoms. The van der Waals surface area contributed by atoms with Crippen LogP contribution >= 0.6 is 0 Å². The summed E-state index contributed by atoms with van der Waals surface area (Å²) in [5.74, 6) is -0.601. The fourth-order valence-corrected chi connectivity index (χ4v) is 4.99. The Labute approximate surface area is 188 Å². The lowest BCUT2D eigenvalue weighted by molar-refractivity contribution is 0.0600. The second-order valence-corrected chi connectivity index (χ2v) is 9.69. The third kappa shape index (κ3) is 5.36. The third-order valence-electron chi connectivity index (χ3n) is 5.61. The quantitative estimate of drug-likeness (QED) is 0.530. The predicted octanol–water partition coefficient (Wildman–Crippen LogP) is 3.66. The topological polar surface area (TPSA) is 75.7 Å². The van der Waals surface area contributed by atoms with Crippen LogP contribution in [0.5, 0.6) is 0 Å². The summed E-state index contributed by atoms with van der Waals surface area (Å²) in [5.41, 5.74) is 5.77. The zero-order chi connectivity index (χ0) is 22.6. The molecule has 4 rings (SSSR count). The number of rotatable bonds is 8. The van der Waals surface area contributed by atoms with E-state index in [1.807, 2.05) is 12.1 Å². The Kier molecular flexibility index (Phi) is 6.58. The SMILES string of the molecule is COC(=O)c1ccc(CS(=O)(=O)NCc2ccc(CN3CCc4ccccc43)cc2)cc1. The van der Waals surface area contributed by atoms with Gasteiger partial charge in [-0.05, 0) is 46.9 Å². The van der Waals surface area contributed by atoms with Crippen LogP contribution in [0.1, 0.15) is 32.6 Å². The zero-order valence-electron chi connectivity index (χ0n) is 18.0. The first-order valence-electron chi connectivity index (χ1n) is 10.5. The summed E-state index contributed by atoms with van der Waals surface area (Å²) in [6.07, 6.45) is 1.07. The highest BCUT2D eigenvalue weighted by atomic mass is 32.2. The van der Waals surface area contributed by atoms with Crippen molar-refractivity contribution in [3.63, 3.8) is 0 Å².